The van der Waals surface area contributed by atoms with Gasteiger partial charge in [-0.25, -0.2) is 9.78 Å². The summed E-state index contributed by atoms with van der Waals surface area (Å²) in [5.41, 5.74) is 0.592. The van der Waals surface area contributed by atoms with Gasteiger partial charge in [-0.2, -0.15) is 0 Å². The third kappa shape index (κ3) is 4.42. The summed E-state index contributed by atoms with van der Waals surface area (Å²) in [7, 11) is 0. The number of hydrogen-bond donors (Lipinski definition) is 2. The maximum absolute atomic E-state index is 12.3. The summed E-state index contributed by atoms with van der Waals surface area (Å²) >= 11 is 0. The number of ether oxygens (including phenoxy) is 1. The molecule has 0 spiro atoms. The minimum absolute atomic E-state index is 0.0702. The van der Waals surface area contributed by atoms with Gasteiger partial charge in [-0.3, -0.25) is 0 Å². The summed E-state index contributed by atoms with van der Waals surface area (Å²) in [4.78, 5) is 18.8. The van der Waals surface area contributed by atoms with E-state index in [9.17, 15) is 4.79 Å². The third-order valence-electron chi connectivity index (χ3n) is 3.94. The SMILES string of the molecule is C#CCOc1ccccc1NC(=O)NC1CCN(c2ccccn2)C1. The number of aromatic nitrogens is 1. The van der Waals surface area contributed by atoms with Crippen LogP contribution in [0, 0.1) is 12.3 Å². The van der Waals surface area contributed by atoms with Crippen LogP contribution in [0.2, 0.25) is 0 Å². The smallest absolute Gasteiger partial charge is 0.319 e. The van der Waals surface area contributed by atoms with Crippen molar-refractivity contribution >= 4 is 17.5 Å². The number of benzene rings is 1. The Morgan fingerprint density at radius 1 is 1.32 bits per heavy atom. The molecule has 1 aliphatic rings. The highest BCUT2D eigenvalue weighted by Gasteiger charge is 2.24. The molecule has 6 nitrogen and oxygen atoms in total. The lowest BCUT2D eigenvalue weighted by atomic mass is 10.2. The molecule has 2 aromatic rings. The number of nitrogens with one attached hydrogen (secondary N) is 2. The Hall–Kier alpha value is -3.20. The summed E-state index contributed by atoms with van der Waals surface area (Å²) in [6.45, 7) is 1.76. The first-order valence-electron chi connectivity index (χ1n) is 8.15. The topological polar surface area (TPSA) is 66.5 Å². The molecule has 0 aliphatic carbocycles. The summed E-state index contributed by atoms with van der Waals surface area (Å²) in [5, 5.41) is 5.82. The Morgan fingerprint density at radius 2 is 2.16 bits per heavy atom. The van der Waals surface area contributed by atoms with Crippen molar-refractivity contribution in [2.45, 2.75) is 12.5 Å². The van der Waals surface area contributed by atoms with Crippen LogP contribution >= 0.6 is 0 Å². The van der Waals surface area contributed by atoms with Crippen LogP contribution in [0.4, 0.5) is 16.3 Å². The summed E-state index contributed by atoms with van der Waals surface area (Å²) < 4.78 is 5.44. The zero-order valence-electron chi connectivity index (χ0n) is 13.8. The van der Waals surface area contributed by atoms with E-state index in [1.807, 2.05) is 30.3 Å². The predicted molar refractivity (Wildman–Crippen MR) is 97.8 cm³/mol. The fraction of sp³-hybridized carbons (Fsp3) is 0.263. The molecule has 6 heteroatoms. The van der Waals surface area contributed by atoms with Crippen LogP contribution < -0.4 is 20.3 Å². The number of hydrogen-bond acceptors (Lipinski definition) is 4. The normalized spacial score (nSPS) is 16.1. The zero-order chi connectivity index (χ0) is 17.5. The molecule has 1 fully saturated rings. The van der Waals surface area contributed by atoms with Crippen LogP contribution in [-0.2, 0) is 0 Å². The second-order valence-corrected chi connectivity index (χ2v) is 5.71. The van der Waals surface area contributed by atoms with Crippen LogP contribution in [0.25, 0.3) is 0 Å². The number of amides is 2. The highest BCUT2D eigenvalue weighted by Crippen LogP contribution is 2.23. The van der Waals surface area contributed by atoms with Gasteiger partial charge < -0.3 is 20.3 Å². The van der Waals surface area contributed by atoms with Crippen molar-refractivity contribution in [2.75, 3.05) is 29.9 Å². The van der Waals surface area contributed by atoms with Crippen molar-refractivity contribution in [1.82, 2.24) is 10.3 Å². The van der Waals surface area contributed by atoms with Crippen molar-refractivity contribution in [2.24, 2.45) is 0 Å². The summed E-state index contributed by atoms with van der Waals surface area (Å²) in [6.07, 6.45) is 7.86. The molecule has 1 aromatic carbocycles. The third-order valence-corrected chi connectivity index (χ3v) is 3.94. The number of terminal acetylenes is 1. The number of anilines is 2. The molecule has 0 saturated carbocycles. The molecule has 2 amide bonds. The number of para-hydroxylation sites is 2. The van der Waals surface area contributed by atoms with Crippen LogP contribution in [-0.4, -0.2) is 36.8 Å². The van der Waals surface area contributed by atoms with E-state index in [1.54, 1.807) is 18.3 Å². The standard InChI is InChI=1S/C19H20N4O2/c1-2-13-25-17-8-4-3-7-16(17)22-19(24)21-15-10-12-23(14-15)18-9-5-6-11-20-18/h1,3-9,11,15H,10,12-14H2,(H2,21,22,24). The van der Waals surface area contributed by atoms with E-state index in [2.05, 4.69) is 26.4 Å². The molecule has 25 heavy (non-hydrogen) atoms. The van der Waals surface area contributed by atoms with E-state index >= 15 is 0 Å². The summed E-state index contributed by atoms with van der Waals surface area (Å²) in [5.74, 6) is 3.90. The van der Waals surface area contributed by atoms with E-state index in [0.29, 0.717) is 11.4 Å². The second-order valence-electron chi connectivity index (χ2n) is 5.71. The highest BCUT2D eigenvalue weighted by atomic mass is 16.5. The number of urea groups is 1. The first-order chi connectivity index (χ1) is 12.3. The molecule has 1 unspecified atom stereocenters. The van der Waals surface area contributed by atoms with Gasteiger partial charge in [0.15, 0.2) is 0 Å². The average Bonchev–Trinajstić information content (AvgIpc) is 3.10. The van der Waals surface area contributed by atoms with Crippen molar-refractivity contribution in [3.05, 3.63) is 48.7 Å². The first kappa shape index (κ1) is 16.7. The van der Waals surface area contributed by atoms with Crippen LogP contribution in [0.5, 0.6) is 5.75 Å². The monoisotopic (exact) mass is 336 g/mol. The zero-order valence-corrected chi connectivity index (χ0v) is 13.8. The van der Waals surface area contributed by atoms with Gasteiger partial charge in [0.2, 0.25) is 0 Å². The Labute approximate surface area is 147 Å². The van der Waals surface area contributed by atoms with E-state index in [0.717, 1.165) is 25.3 Å². The Balaban J connectivity index is 1.55. The van der Waals surface area contributed by atoms with Gasteiger partial charge in [0.25, 0.3) is 0 Å². The lowest BCUT2D eigenvalue weighted by Crippen LogP contribution is -2.39. The number of carbonyl (C=O) groups excluding carboxylic acids is 1. The molecule has 1 aromatic heterocycles. The average molecular weight is 336 g/mol. The fourth-order valence-corrected chi connectivity index (χ4v) is 2.79. The van der Waals surface area contributed by atoms with Crippen LogP contribution in [0.15, 0.2) is 48.7 Å². The molecule has 1 aliphatic heterocycles. The molecule has 2 N–H and O–H groups in total. The van der Waals surface area contributed by atoms with Gasteiger partial charge in [0.05, 0.1) is 5.69 Å². The number of pyridine rings is 1. The van der Waals surface area contributed by atoms with Gasteiger partial charge in [-0.1, -0.05) is 24.1 Å². The van der Waals surface area contributed by atoms with E-state index in [-0.39, 0.29) is 18.7 Å². The molecule has 128 valence electrons. The second kappa shape index (κ2) is 8.06. The number of nitrogens with zero attached hydrogens (tertiary/aromatic N) is 2. The molecule has 2 heterocycles. The van der Waals surface area contributed by atoms with Crippen molar-refractivity contribution in [1.29, 1.82) is 0 Å². The van der Waals surface area contributed by atoms with E-state index < -0.39 is 0 Å². The summed E-state index contributed by atoms with van der Waals surface area (Å²) in [6, 6.07) is 12.8. The fourth-order valence-electron chi connectivity index (χ4n) is 2.79. The Bertz CT molecular complexity index is 758. The first-order valence-corrected chi connectivity index (χ1v) is 8.15. The van der Waals surface area contributed by atoms with Crippen molar-refractivity contribution < 1.29 is 9.53 Å². The minimum Gasteiger partial charge on any atom is -0.479 e. The molecular formula is C19H20N4O2. The quantitative estimate of drug-likeness (QED) is 0.824. The van der Waals surface area contributed by atoms with Gasteiger partial charge in [0.1, 0.15) is 18.2 Å². The number of rotatable bonds is 5. The van der Waals surface area contributed by atoms with E-state index in [4.69, 9.17) is 11.2 Å². The minimum atomic E-state index is -0.260. The number of carbonyl (C=O) groups is 1. The largest absolute Gasteiger partial charge is 0.479 e. The van der Waals surface area contributed by atoms with Gasteiger partial charge in [-0.15, -0.1) is 6.42 Å². The van der Waals surface area contributed by atoms with Gasteiger partial charge >= 0.3 is 6.03 Å². The Kier molecular flexibility index (Phi) is 5.37. The Morgan fingerprint density at radius 3 is 2.96 bits per heavy atom. The van der Waals surface area contributed by atoms with Crippen LogP contribution in [0.3, 0.4) is 0 Å². The molecule has 1 saturated heterocycles. The maximum atomic E-state index is 12.3. The predicted octanol–water partition coefficient (Wildman–Crippen LogP) is 2.49. The maximum Gasteiger partial charge on any atom is 0.319 e. The lowest BCUT2D eigenvalue weighted by Gasteiger charge is -2.18. The van der Waals surface area contributed by atoms with Crippen LogP contribution in [0.1, 0.15) is 6.42 Å². The molecule has 0 radical (unpaired) electrons. The molecule has 0 bridgehead atoms. The highest BCUT2D eigenvalue weighted by molar-refractivity contribution is 5.91. The molecule has 1 atom stereocenters. The van der Waals surface area contributed by atoms with Gasteiger partial charge in [0, 0.05) is 25.3 Å². The van der Waals surface area contributed by atoms with E-state index in [1.165, 1.54) is 0 Å². The lowest BCUT2D eigenvalue weighted by molar-refractivity contribution is 0.249. The molecule has 3 rings (SSSR count). The van der Waals surface area contributed by atoms with Crippen molar-refractivity contribution in [3.8, 4) is 18.1 Å². The van der Waals surface area contributed by atoms with Gasteiger partial charge in [-0.05, 0) is 30.7 Å². The van der Waals surface area contributed by atoms with Crippen molar-refractivity contribution in [3.63, 3.8) is 0 Å². The molecular weight excluding hydrogens is 316 g/mol.